The van der Waals surface area contributed by atoms with E-state index in [1.165, 1.54) is 0 Å². The van der Waals surface area contributed by atoms with Gasteiger partial charge in [0, 0.05) is 10.6 Å². The smallest absolute Gasteiger partial charge is 0.126 e. The number of aliphatic hydroxyl groups excluding tert-OH is 2. The van der Waals surface area contributed by atoms with Crippen LogP contribution in [0.1, 0.15) is 62.6 Å². The zero-order valence-electron chi connectivity index (χ0n) is 14.3. The van der Waals surface area contributed by atoms with Crippen LogP contribution in [0.4, 0.5) is 0 Å². The Kier molecular flexibility index (Phi) is 7.67. The summed E-state index contributed by atoms with van der Waals surface area (Å²) >= 11 is 6.33. The average molecular weight is 329 g/mol. The monoisotopic (exact) mass is 328 g/mol. The fraction of sp³-hybridized carbons (Fsp3) is 0.667. The minimum Gasteiger partial charge on any atom is -0.493 e. The Hall–Kier alpha value is -0.770. The molecule has 0 saturated carbocycles. The highest BCUT2D eigenvalue weighted by Crippen LogP contribution is 2.39. The highest BCUT2D eigenvalue weighted by atomic mass is 35.5. The molecule has 0 saturated heterocycles. The van der Waals surface area contributed by atoms with E-state index >= 15 is 0 Å². The molecule has 3 atom stereocenters. The largest absolute Gasteiger partial charge is 0.493 e. The molecule has 4 heteroatoms. The molecule has 0 spiro atoms. The Bertz CT molecular complexity index is 488. The van der Waals surface area contributed by atoms with Gasteiger partial charge >= 0.3 is 0 Å². The summed E-state index contributed by atoms with van der Waals surface area (Å²) in [5.74, 6) is 0.926. The van der Waals surface area contributed by atoms with Gasteiger partial charge in [0.15, 0.2) is 0 Å². The molecule has 0 aromatic heterocycles. The molecule has 0 bridgehead atoms. The molecule has 3 unspecified atom stereocenters. The molecule has 0 fully saturated rings. The minimum absolute atomic E-state index is 0.0560. The molecular formula is C18H29ClO3. The number of hydrogen-bond donors (Lipinski definition) is 2. The molecule has 0 radical (unpaired) electrons. The maximum absolute atomic E-state index is 10.1. The van der Waals surface area contributed by atoms with Gasteiger partial charge in [0.1, 0.15) is 5.75 Å². The van der Waals surface area contributed by atoms with Crippen LogP contribution < -0.4 is 4.74 Å². The zero-order chi connectivity index (χ0) is 16.9. The summed E-state index contributed by atoms with van der Waals surface area (Å²) in [5, 5.41) is 20.6. The lowest BCUT2D eigenvalue weighted by Gasteiger charge is -2.25. The van der Waals surface area contributed by atoms with Crippen molar-refractivity contribution in [1.29, 1.82) is 0 Å². The van der Waals surface area contributed by atoms with Crippen LogP contribution in [0.25, 0.3) is 0 Å². The molecule has 1 rings (SSSR count). The van der Waals surface area contributed by atoms with Crippen LogP contribution in [-0.2, 0) is 0 Å². The normalized spacial score (nSPS) is 15.5. The zero-order valence-corrected chi connectivity index (χ0v) is 15.1. The molecule has 1 aromatic carbocycles. The Morgan fingerprint density at radius 1 is 1.18 bits per heavy atom. The first kappa shape index (κ1) is 19.3. The summed E-state index contributed by atoms with van der Waals surface area (Å²) in [6.45, 7) is 10.6. The maximum Gasteiger partial charge on any atom is 0.126 e. The first-order valence-corrected chi connectivity index (χ1v) is 8.49. The number of halogens is 1. The quantitative estimate of drug-likeness (QED) is 0.745. The summed E-state index contributed by atoms with van der Waals surface area (Å²) in [7, 11) is 0. The second-order valence-corrected chi connectivity index (χ2v) is 6.48. The van der Waals surface area contributed by atoms with Crippen LogP contribution in [0.15, 0.2) is 6.07 Å². The van der Waals surface area contributed by atoms with Gasteiger partial charge in [0.2, 0.25) is 0 Å². The standard InChI is InChI=1S/C18H29ClO3/c1-6-8-22-18-12(4)9-14(19)13(5)17(18)11(3)10-16(21)15(20)7-2/h9,11,15-16,20-21H,6-8,10H2,1-5H3. The first-order chi connectivity index (χ1) is 10.3. The van der Waals surface area contributed by atoms with Gasteiger partial charge in [-0.1, -0.05) is 32.4 Å². The van der Waals surface area contributed by atoms with Crippen LogP contribution in [-0.4, -0.2) is 29.0 Å². The van der Waals surface area contributed by atoms with Crippen molar-refractivity contribution in [3.05, 3.63) is 27.8 Å². The Labute approximate surface area is 139 Å². The van der Waals surface area contributed by atoms with Gasteiger partial charge in [-0.05, 0) is 56.2 Å². The maximum atomic E-state index is 10.1. The van der Waals surface area contributed by atoms with E-state index in [1.54, 1.807) is 0 Å². The van der Waals surface area contributed by atoms with Crippen molar-refractivity contribution < 1.29 is 14.9 Å². The summed E-state index contributed by atoms with van der Waals surface area (Å²) in [6.07, 6.45) is 0.533. The second-order valence-electron chi connectivity index (χ2n) is 6.07. The number of ether oxygens (including phenoxy) is 1. The van der Waals surface area contributed by atoms with Gasteiger partial charge in [-0.2, -0.15) is 0 Å². The molecular weight excluding hydrogens is 300 g/mol. The molecule has 3 nitrogen and oxygen atoms in total. The minimum atomic E-state index is -0.738. The third-order valence-electron chi connectivity index (χ3n) is 4.11. The molecule has 0 amide bonds. The Morgan fingerprint density at radius 2 is 1.82 bits per heavy atom. The van der Waals surface area contributed by atoms with Crippen LogP contribution in [0.3, 0.4) is 0 Å². The van der Waals surface area contributed by atoms with Crippen LogP contribution in [0.2, 0.25) is 5.02 Å². The van der Waals surface area contributed by atoms with Crippen LogP contribution >= 0.6 is 11.6 Å². The molecule has 0 aliphatic rings. The van der Waals surface area contributed by atoms with Gasteiger partial charge in [0.05, 0.1) is 18.8 Å². The SMILES string of the molecule is CCCOc1c(C)cc(Cl)c(C)c1C(C)CC(O)C(O)CC. The van der Waals surface area contributed by atoms with E-state index in [-0.39, 0.29) is 5.92 Å². The summed E-state index contributed by atoms with van der Waals surface area (Å²) in [5.41, 5.74) is 3.04. The van der Waals surface area contributed by atoms with Gasteiger partial charge in [-0.3, -0.25) is 0 Å². The van der Waals surface area contributed by atoms with Gasteiger partial charge in [-0.25, -0.2) is 0 Å². The third-order valence-corrected chi connectivity index (χ3v) is 4.50. The van der Waals surface area contributed by atoms with E-state index in [0.29, 0.717) is 24.5 Å². The molecule has 1 aromatic rings. The number of benzene rings is 1. The van der Waals surface area contributed by atoms with Gasteiger partial charge < -0.3 is 14.9 Å². The lowest BCUT2D eigenvalue weighted by molar-refractivity contribution is 0.00938. The lowest BCUT2D eigenvalue weighted by Crippen LogP contribution is -2.26. The fourth-order valence-electron chi connectivity index (χ4n) is 2.77. The van der Waals surface area contributed by atoms with E-state index in [1.807, 2.05) is 33.8 Å². The number of rotatable bonds is 8. The molecule has 2 N–H and O–H groups in total. The summed E-state index contributed by atoms with van der Waals surface area (Å²) < 4.78 is 5.94. The van der Waals surface area contributed by atoms with Gasteiger partial charge in [-0.15, -0.1) is 0 Å². The van der Waals surface area contributed by atoms with Crippen molar-refractivity contribution in [1.82, 2.24) is 0 Å². The van der Waals surface area contributed by atoms with Crippen molar-refractivity contribution in [2.45, 2.75) is 72.0 Å². The molecule has 0 heterocycles. The van der Waals surface area contributed by atoms with E-state index in [4.69, 9.17) is 16.3 Å². The van der Waals surface area contributed by atoms with Crippen molar-refractivity contribution in [3.8, 4) is 5.75 Å². The van der Waals surface area contributed by atoms with E-state index in [0.717, 1.165) is 28.9 Å². The predicted octanol–water partition coefficient (Wildman–Crippen LogP) is 4.37. The summed E-state index contributed by atoms with van der Waals surface area (Å²) in [6, 6.07) is 1.93. The van der Waals surface area contributed by atoms with Crippen molar-refractivity contribution in [2.24, 2.45) is 0 Å². The highest BCUT2D eigenvalue weighted by molar-refractivity contribution is 6.31. The second kappa shape index (κ2) is 8.76. The molecule has 0 aliphatic heterocycles. The Balaban J connectivity index is 3.14. The molecule has 0 aliphatic carbocycles. The van der Waals surface area contributed by atoms with E-state index in [9.17, 15) is 10.2 Å². The lowest BCUT2D eigenvalue weighted by atomic mass is 9.87. The van der Waals surface area contributed by atoms with E-state index < -0.39 is 12.2 Å². The number of hydrogen-bond acceptors (Lipinski definition) is 3. The van der Waals surface area contributed by atoms with Crippen LogP contribution in [0.5, 0.6) is 5.75 Å². The molecule has 126 valence electrons. The first-order valence-electron chi connectivity index (χ1n) is 8.11. The number of aliphatic hydroxyl groups is 2. The summed E-state index contributed by atoms with van der Waals surface area (Å²) in [4.78, 5) is 0. The van der Waals surface area contributed by atoms with Crippen molar-refractivity contribution in [3.63, 3.8) is 0 Å². The Morgan fingerprint density at radius 3 is 2.36 bits per heavy atom. The topological polar surface area (TPSA) is 49.7 Å². The van der Waals surface area contributed by atoms with Crippen molar-refractivity contribution >= 4 is 11.6 Å². The van der Waals surface area contributed by atoms with Crippen LogP contribution in [0, 0.1) is 13.8 Å². The average Bonchev–Trinajstić information content (AvgIpc) is 2.48. The fourth-order valence-corrected chi connectivity index (χ4v) is 3.04. The van der Waals surface area contributed by atoms with E-state index in [2.05, 4.69) is 6.92 Å². The molecule has 22 heavy (non-hydrogen) atoms. The number of aryl methyl sites for hydroxylation is 1. The van der Waals surface area contributed by atoms with Crippen molar-refractivity contribution in [2.75, 3.05) is 6.61 Å². The van der Waals surface area contributed by atoms with Gasteiger partial charge in [0.25, 0.3) is 0 Å². The highest BCUT2D eigenvalue weighted by Gasteiger charge is 2.24. The third kappa shape index (κ3) is 4.61. The predicted molar refractivity (Wildman–Crippen MR) is 92.0 cm³/mol.